The molecule has 0 fully saturated rings. The van der Waals surface area contributed by atoms with Crippen molar-refractivity contribution in [3.05, 3.63) is 65.7 Å². The van der Waals surface area contributed by atoms with Gasteiger partial charge in [-0.3, -0.25) is 4.79 Å². The lowest BCUT2D eigenvalue weighted by Gasteiger charge is -2.16. The van der Waals surface area contributed by atoms with E-state index >= 15 is 0 Å². The molecule has 0 heterocycles. The van der Waals surface area contributed by atoms with Crippen LogP contribution in [0.2, 0.25) is 0 Å². The zero-order chi connectivity index (χ0) is 18.6. The van der Waals surface area contributed by atoms with Gasteiger partial charge in [-0.05, 0) is 24.6 Å². The molecule has 6 nitrogen and oxygen atoms in total. The molecule has 0 saturated heterocycles. The number of ether oxygens (including phenoxy) is 4. The van der Waals surface area contributed by atoms with E-state index in [2.05, 4.69) is 0 Å². The number of carbonyl (C=O) groups excluding carboxylic acids is 2. The Bertz CT molecular complexity index is 686. The van der Waals surface area contributed by atoms with Crippen LogP contribution in [0.5, 0.6) is 5.75 Å². The van der Waals surface area contributed by atoms with Gasteiger partial charge < -0.3 is 18.9 Å². The maximum atomic E-state index is 11.9. The SMILES string of the molecule is CCOC(=O)c1ccccc1OCCOCC(OC=O)c1ccccc1. The molecule has 0 radical (unpaired) electrons. The molecular weight excluding hydrogens is 336 g/mol. The normalized spacial score (nSPS) is 11.4. The highest BCUT2D eigenvalue weighted by molar-refractivity contribution is 5.92. The number of rotatable bonds is 11. The van der Waals surface area contributed by atoms with Gasteiger partial charge in [-0.25, -0.2) is 4.79 Å². The lowest BCUT2D eigenvalue weighted by molar-refractivity contribution is -0.137. The second-order valence-electron chi connectivity index (χ2n) is 5.27. The van der Waals surface area contributed by atoms with E-state index in [0.29, 0.717) is 24.4 Å². The number of hydrogen-bond donors (Lipinski definition) is 0. The van der Waals surface area contributed by atoms with Crippen LogP contribution in [0, 0.1) is 0 Å². The van der Waals surface area contributed by atoms with E-state index in [9.17, 15) is 9.59 Å². The molecule has 0 aliphatic carbocycles. The summed E-state index contributed by atoms with van der Waals surface area (Å²) in [6, 6.07) is 16.2. The Labute approximate surface area is 152 Å². The number of esters is 1. The summed E-state index contributed by atoms with van der Waals surface area (Å²) in [5, 5.41) is 0. The van der Waals surface area contributed by atoms with E-state index in [-0.39, 0.29) is 19.8 Å². The molecule has 1 unspecified atom stereocenters. The molecule has 0 aromatic heterocycles. The highest BCUT2D eigenvalue weighted by Crippen LogP contribution is 2.19. The fourth-order valence-corrected chi connectivity index (χ4v) is 2.32. The van der Waals surface area contributed by atoms with Gasteiger partial charge in [0.2, 0.25) is 0 Å². The monoisotopic (exact) mass is 358 g/mol. The molecule has 0 amide bonds. The van der Waals surface area contributed by atoms with Gasteiger partial charge in [-0.15, -0.1) is 0 Å². The van der Waals surface area contributed by atoms with E-state index < -0.39 is 12.1 Å². The Hall–Kier alpha value is -2.86. The molecule has 2 aromatic carbocycles. The van der Waals surface area contributed by atoms with Crippen LogP contribution in [0.25, 0.3) is 0 Å². The minimum atomic E-state index is -0.472. The first-order valence-corrected chi connectivity index (χ1v) is 8.37. The predicted molar refractivity (Wildman–Crippen MR) is 95.0 cm³/mol. The fraction of sp³-hybridized carbons (Fsp3) is 0.300. The van der Waals surface area contributed by atoms with Crippen LogP contribution in [-0.4, -0.2) is 38.9 Å². The van der Waals surface area contributed by atoms with E-state index in [0.717, 1.165) is 5.56 Å². The average molecular weight is 358 g/mol. The van der Waals surface area contributed by atoms with Gasteiger partial charge in [0.1, 0.15) is 24.0 Å². The molecule has 138 valence electrons. The highest BCUT2D eigenvalue weighted by atomic mass is 16.6. The molecule has 2 rings (SSSR count). The Kier molecular flexibility index (Phi) is 8.15. The van der Waals surface area contributed by atoms with Gasteiger partial charge in [0.25, 0.3) is 6.47 Å². The Balaban J connectivity index is 1.81. The molecule has 0 bridgehead atoms. The van der Waals surface area contributed by atoms with Crippen molar-refractivity contribution in [2.75, 3.05) is 26.4 Å². The quantitative estimate of drug-likeness (QED) is 0.349. The maximum Gasteiger partial charge on any atom is 0.341 e. The maximum absolute atomic E-state index is 11.9. The topological polar surface area (TPSA) is 71.1 Å². The van der Waals surface area contributed by atoms with Gasteiger partial charge in [0.15, 0.2) is 0 Å². The second-order valence-corrected chi connectivity index (χ2v) is 5.27. The zero-order valence-corrected chi connectivity index (χ0v) is 14.6. The van der Waals surface area contributed by atoms with Crippen LogP contribution < -0.4 is 4.74 Å². The van der Waals surface area contributed by atoms with Gasteiger partial charge in [0, 0.05) is 0 Å². The van der Waals surface area contributed by atoms with Gasteiger partial charge in [-0.2, -0.15) is 0 Å². The van der Waals surface area contributed by atoms with Crippen LogP contribution >= 0.6 is 0 Å². The van der Waals surface area contributed by atoms with Gasteiger partial charge >= 0.3 is 5.97 Å². The Morgan fingerprint density at radius 1 is 1.04 bits per heavy atom. The molecule has 26 heavy (non-hydrogen) atoms. The summed E-state index contributed by atoms with van der Waals surface area (Å²) in [4.78, 5) is 22.6. The molecule has 0 aliphatic heterocycles. The van der Waals surface area contributed by atoms with E-state index in [1.807, 2.05) is 30.3 Å². The third kappa shape index (κ3) is 5.89. The number of benzene rings is 2. The third-order valence-electron chi connectivity index (χ3n) is 3.53. The minimum Gasteiger partial charge on any atom is -0.490 e. The van der Waals surface area contributed by atoms with E-state index in [1.54, 1.807) is 31.2 Å². The summed E-state index contributed by atoms with van der Waals surface area (Å²) in [6.07, 6.45) is -0.472. The summed E-state index contributed by atoms with van der Waals surface area (Å²) in [5.41, 5.74) is 1.23. The summed E-state index contributed by atoms with van der Waals surface area (Å²) in [7, 11) is 0. The first-order chi connectivity index (χ1) is 12.8. The fourth-order valence-electron chi connectivity index (χ4n) is 2.32. The smallest absolute Gasteiger partial charge is 0.341 e. The van der Waals surface area contributed by atoms with Crippen molar-refractivity contribution in [3.8, 4) is 5.75 Å². The summed E-state index contributed by atoms with van der Waals surface area (Å²) >= 11 is 0. The zero-order valence-electron chi connectivity index (χ0n) is 14.6. The molecule has 0 N–H and O–H groups in total. The standard InChI is InChI=1S/C20H22O6/c1-2-24-20(22)17-10-6-7-11-18(17)25-13-12-23-14-19(26-15-21)16-8-4-3-5-9-16/h3-11,15,19H,2,12-14H2,1H3. The van der Waals surface area contributed by atoms with Gasteiger partial charge in [-0.1, -0.05) is 42.5 Å². The van der Waals surface area contributed by atoms with Crippen LogP contribution in [-0.2, 0) is 19.0 Å². The highest BCUT2D eigenvalue weighted by Gasteiger charge is 2.14. The van der Waals surface area contributed by atoms with Crippen LogP contribution in [0.3, 0.4) is 0 Å². The van der Waals surface area contributed by atoms with E-state index in [4.69, 9.17) is 18.9 Å². The average Bonchev–Trinajstić information content (AvgIpc) is 2.68. The summed E-state index contributed by atoms with van der Waals surface area (Å²) in [5.74, 6) is 0.0193. The third-order valence-corrected chi connectivity index (χ3v) is 3.53. The summed E-state index contributed by atoms with van der Waals surface area (Å²) in [6.45, 7) is 3.20. The second kappa shape index (κ2) is 10.9. The number of hydrogen-bond acceptors (Lipinski definition) is 6. The molecule has 0 aliphatic rings. The van der Waals surface area contributed by atoms with Crippen molar-refractivity contribution in [2.24, 2.45) is 0 Å². The first kappa shape index (κ1) is 19.5. The molecule has 6 heteroatoms. The molecule has 1 atom stereocenters. The first-order valence-electron chi connectivity index (χ1n) is 8.37. The Morgan fingerprint density at radius 2 is 1.77 bits per heavy atom. The number of para-hydroxylation sites is 1. The minimum absolute atomic E-state index is 0.214. The van der Waals surface area contributed by atoms with E-state index in [1.165, 1.54) is 0 Å². The van der Waals surface area contributed by atoms with Crippen molar-refractivity contribution < 1.29 is 28.5 Å². The Morgan fingerprint density at radius 3 is 2.50 bits per heavy atom. The van der Waals surface area contributed by atoms with Crippen LogP contribution in [0.1, 0.15) is 28.9 Å². The van der Waals surface area contributed by atoms with Crippen molar-refractivity contribution in [1.82, 2.24) is 0 Å². The number of carbonyl (C=O) groups is 2. The largest absolute Gasteiger partial charge is 0.490 e. The summed E-state index contributed by atoms with van der Waals surface area (Å²) < 4.78 is 21.2. The lowest BCUT2D eigenvalue weighted by Crippen LogP contribution is -2.15. The van der Waals surface area contributed by atoms with Gasteiger partial charge in [0.05, 0.1) is 19.8 Å². The predicted octanol–water partition coefficient (Wildman–Crippen LogP) is 3.17. The molecular formula is C20H22O6. The van der Waals surface area contributed by atoms with Crippen molar-refractivity contribution in [2.45, 2.75) is 13.0 Å². The molecule has 0 saturated carbocycles. The van der Waals surface area contributed by atoms with Crippen LogP contribution in [0.4, 0.5) is 0 Å². The van der Waals surface area contributed by atoms with Crippen molar-refractivity contribution in [3.63, 3.8) is 0 Å². The van der Waals surface area contributed by atoms with Crippen molar-refractivity contribution >= 4 is 12.4 Å². The lowest BCUT2D eigenvalue weighted by atomic mass is 10.1. The molecule has 0 spiro atoms. The van der Waals surface area contributed by atoms with Crippen LogP contribution in [0.15, 0.2) is 54.6 Å². The van der Waals surface area contributed by atoms with Crippen molar-refractivity contribution in [1.29, 1.82) is 0 Å². The molecule has 2 aromatic rings.